The molecule has 21 heavy (non-hydrogen) atoms. The SMILES string of the molecule is COc1ccccc1NC(=O)N1CCCC1C(=O)N(C)C. The fraction of sp³-hybridized carbons (Fsp3) is 0.467. The van der Waals surface area contributed by atoms with Gasteiger partial charge in [0.2, 0.25) is 5.91 Å². The lowest BCUT2D eigenvalue weighted by molar-refractivity contribution is -0.132. The number of likely N-dealkylation sites (N-methyl/N-ethyl adjacent to an activating group) is 1. The smallest absolute Gasteiger partial charge is 0.322 e. The molecule has 1 aliphatic rings. The standard InChI is InChI=1S/C15H21N3O3/c1-17(2)14(19)12-8-6-10-18(12)15(20)16-11-7-4-5-9-13(11)21-3/h4-5,7,9,12H,6,8,10H2,1-3H3,(H,16,20). The minimum absolute atomic E-state index is 0.0392. The predicted molar refractivity (Wildman–Crippen MR) is 80.4 cm³/mol. The van der Waals surface area contributed by atoms with Crippen molar-refractivity contribution in [1.82, 2.24) is 9.80 Å². The lowest BCUT2D eigenvalue weighted by atomic mass is 10.2. The molecule has 2 rings (SSSR count). The first-order chi connectivity index (χ1) is 10.0. The van der Waals surface area contributed by atoms with E-state index in [1.807, 2.05) is 12.1 Å². The van der Waals surface area contributed by atoms with E-state index in [1.165, 1.54) is 4.90 Å². The van der Waals surface area contributed by atoms with E-state index in [9.17, 15) is 9.59 Å². The van der Waals surface area contributed by atoms with Crippen LogP contribution in [0.5, 0.6) is 5.75 Å². The maximum atomic E-state index is 12.4. The zero-order valence-corrected chi connectivity index (χ0v) is 12.6. The Bertz CT molecular complexity index is 531. The van der Waals surface area contributed by atoms with Gasteiger partial charge in [-0.15, -0.1) is 0 Å². The van der Waals surface area contributed by atoms with Crippen molar-refractivity contribution in [2.75, 3.05) is 33.1 Å². The van der Waals surface area contributed by atoms with Crippen LogP contribution in [-0.4, -0.2) is 55.5 Å². The Morgan fingerprint density at radius 3 is 2.71 bits per heavy atom. The average Bonchev–Trinajstić information content (AvgIpc) is 2.96. The van der Waals surface area contributed by atoms with Crippen LogP contribution >= 0.6 is 0 Å². The van der Waals surface area contributed by atoms with Crippen molar-refractivity contribution >= 4 is 17.6 Å². The van der Waals surface area contributed by atoms with Gasteiger partial charge in [0.05, 0.1) is 12.8 Å². The van der Waals surface area contributed by atoms with Crippen molar-refractivity contribution in [3.05, 3.63) is 24.3 Å². The van der Waals surface area contributed by atoms with E-state index in [2.05, 4.69) is 5.32 Å². The number of nitrogens with zero attached hydrogens (tertiary/aromatic N) is 2. The van der Waals surface area contributed by atoms with Gasteiger partial charge in [-0.3, -0.25) is 4.79 Å². The topological polar surface area (TPSA) is 61.9 Å². The van der Waals surface area contributed by atoms with E-state index in [-0.39, 0.29) is 18.0 Å². The number of hydrogen-bond acceptors (Lipinski definition) is 3. The first-order valence-electron chi connectivity index (χ1n) is 6.96. The van der Waals surface area contributed by atoms with Crippen LogP contribution in [0.15, 0.2) is 24.3 Å². The van der Waals surface area contributed by atoms with Gasteiger partial charge >= 0.3 is 6.03 Å². The monoisotopic (exact) mass is 291 g/mol. The van der Waals surface area contributed by atoms with Crippen molar-refractivity contribution in [3.63, 3.8) is 0 Å². The Morgan fingerprint density at radius 1 is 1.33 bits per heavy atom. The average molecular weight is 291 g/mol. The van der Waals surface area contributed by atoms with E-state index in [4.69, 9.17) is 4.74 Å². The van der Waals surface area contributed by atoms with Crippen LogP contribution in [-0.2, 0) is 4.79 Å². The fourth-order valence-electron chi connectivity index (χ4n) is 2.50. The molecule has 0 radical (unpaired) electrons. The summed E-state index contributed by atoms with van der Waals surface area (Å²) in [5, 5.41) is 2.82. The maximum Gasteiger partial charge on any atom is 0.322 e. The van der Waals surface area contributed by atoms with Gasteiger partial charge in [-0.25, -0.2) is 4.79 Å². The molecule has 6 nitrogen and oxygen atoms in total. The molecule has 1 aromatic rings. The van der Waals surface area contributed by atoms with Gasteiger partial charge in [-0.05, 0) is 25.0 Å². The number of hydrogen-bond donors (Lipinski definition) is 1. The maximum absolute atomic E-state index is 12.4. The third kappa shape index (κ3) is 3.26. The fourth-order valence-corrected chi connectivity index (χ4v) is 2.50. The van der Waals surface area contributed by atoms with Crippen LogP contribution < -0.4 is 10.1 Å². The first-order valence-corrected chi connectivity index (χ1v) is 6.96. The Labute approximate surface area is 124 Å². The first kappa shape index (κ1) is 15.2. The van der Waals surface area contributed by atoms with Gasteiger partial charge in [0.25, 0.3) is 0 Å². The summed E-state index contributed by atoms with van der Waals surface area (Å²) < 4.78 is 5.21. The molecule has 0 bridgehead atoms. The molecule has 0 aliphatic carbocycles. The number of nitrogens with one attached hydrogen (secondary N) is 1. The molecule has 3 amide bonds. The number of rotatable bonds is 3. The number of benzene rings is 1. The lowest BCUT2D eigenvalue weighted by Crippen LogP contribution is -2.47. The summed E-state index contributed by atoms with van der Waals surface area (Å²) in [6, 6.07) is 6.57. The van der Waals surface area contributed by atoms with Crippen molar-refractivity contribution < 1.29 is 14.3 Å². The van der Waals surface area contributed by atoms with E-state index < -0.39 is 0 Å². The number of para-hydroxylation sites is 2. The summed E-state index contributed by atoms with van der Waals surface area (Å²) in [6.45, 7) is 0.589. The minimum atomic E-state index is -0.380. The van der Waals surface area contributed by atoms with Crippen LogP contribution in [0.2, 0.25) is 0 Å². The third-order valence-corrected chi connectivity index (χ3v) is 3.59. The van der Waals surface area contributed by atoms with Crippen LogP contribution in [0, 0.1) is 0 Å². The summed E-state index contributed by atoms with van der Waals surface area (Å²) in [6.07, 6.45) is 1.54. The third-order valence-electron chi connectivity index (χ3n) is 3.59. The highest BCUT2D eigenvalue weighted by Crippen LogP contribution is 2.25. The van der Waals surface area contributed by atoms with Crippen LogP contribution in [0.4, 0.5) is 10.5 Å². The second kappa shape index (κ2) is 6.47. The number of urea groups is 1. The zero-order chi connectivity index (χ0) is 15.4. The summed E-state index contributed by atoms with van der Waals surface area (Å²) in [7, 11) is 4.97. The Kier molecular flexibility index (Phi) is 4.67. The van der Waals surface area contributed by atoms with Crippen LogP contribution in [0.25, 0.3) is 0 Å². The Morgan fingerprint density at radius 2 is 2.05 bits per heavy atom. The highest BCUT2D eigenvalue weighted by atomic mass is 16.5. The molecule has 1 aliphatic heterocycles. The highest BCUT2D eigenvalue weighted by molar-refractivity contribution is 5.95. The van der Waals surface area contributed by atoms with Gasteiger partial charge in [-0.1, -0.05) is 12.1 Å². The normalized spacial score (nSPS) is 17.5. The van der Waals surface area contributed by atoms with Crippen LogP contribution in [0.3, 0.4) is 0 Å². The minimum Gasteiger partial charge on any atom is -0.495 e. The quantitative estimate of drug-likeness (QED) is 0.923. The number of methoxy groups -OCH3 is 1. The number of carbonyl (C=O) groups is 2. The summed E-state index contributed by atoms with van der Waals surface area (Å²) >= 11 is 0. The van der Waals surface area contributed by atoms with Gasteiger partial charge in [0.15, 0.2) is 0 Å². The highest BCUT2D eigenvalue weighted by Gasteiger charge is 2.35. The summed E-state index contributed by atoms with van der Waals surface area (Å²) in [4.78, 5) is 27.6. The van der Waals surface area contributed by atoms with Gasteiger partial charge in [0, 0.05) is 20.6 Å². The number of carbonyl (C=O) groups excluding carboxylic acids is 2. The zero-order valence-electron chi connectivity index (χ0n) is 12.6. The van der Waals surface area contributed by atoms with Gasteiger partial charge in [-0.2, -0.15) is 0 Å². The van der Waals surface area contributed by atoms with E-state index in [0.717, 1.165) is 6.42 Å². The molecule has 1 aromatic carbocycles. The molecular weight excluding hydrogens is 270 g/mol. The molecule has 0 aromatic heterocycles. The molecule has 0 saturated carbocycles. The van der Waals surface area contributed by atoms with Crippen molar-refractivity contribution in [1.29, 1.82) is 0 Å². The molecule has 1 unspecified atom stereocenters. The molecule has 1 heterocycles. The summed E-state index contributed by atoms with van der Waals surface area (Å²) in [5.41, 5.74) is 0.605. The number of likely N-dealkylation sites (tertiary alicyclic amines) is 1. The number of anilines is 1. The molecule has 0 spiro atoms. The molecule has 1 fully saturated rings. The van der Waals surface area contributed by atoms with Crippen molar-refractivity contribution in [2.45, 2.75) is 18.9 Å². The van der Waals surface area contributed by atoms with Crippen molar-refractivity contribution in [2.24, 2.45) is 0 Å². The van der Waals surface area contributed by atoms with E-state index in [0.29, 0.717) is 24.4 Å². The summed E-state index contributed by atoms with van der Waals surface area (Å²) in [5.74, 6) is 0.559. The molecule has 6 heteroatoms. The molecular formula is C15H21N3O3. The Hall–Kier alpha value is -2.24. The van der Waals surface area contributed by atoms with Gasteiger partial charge < -0.3 is 19.9 Å². The molecule has 1 atom stereocenters. The Balaban J connectivity index is 2.10. The molecule has 114 valence electrons. The number of amides is 3. The molecule has 1 saturated heterocycles. The lowest BCUT2D eigenvalue weighted by Gasteiger charge is -2.26. The van der Waals surface area contributed by atoms with Gasteiger partial charge in [0.1, 0.15) is 11.8 Å². The van der Waals surface area contributed by atoms with E-state index >= 15 is 0 Å². The molecule has 1 N–H and O–H groups in total. The van der Waals surface area contributed by atoms with Crippen molar-refractivity contribution in [3.8, 4) is 5.75 Å². The van der Waals surface area contributed by atoms with Crippen LogP contribution in [0.1, 0.15) is 12.8 Å². The largest absolute Gasteiger partial charge is 0.495 e. The second-order valence-electron chi connectivity index (χ2n) is 5.21. The number of ether oxygens (including phenoxy) is 1. The van der Waals surface area contributed by atoms with E-state index in [1.54, 1.807) is 38.2 Å². The predicted octanol–water partition coefficient (Wildman–Crippen LogP) is 1.78. The second-order valence-corrected chi connectivity index (χ2v) is 5.21.